The Balaban J connectivity index is 2.90. The van der Waals surface area contributed by atoms with Crippen LogP contribution in [0.4, 0.5) is 11.5 Å². The Bertz CT molecular complexity index is 356. The minimum Gasteiger partial charge on any atom is -0.470 e. The second-order valence-electron chi connectivity index (χ2n) is 5.10. The number of nitrogens with one attached hydrogen (secondary N) is 1. The molecule has 4 heteroatoms. The van der Waals surface area contributed by atoms with Crippen LogP contribution in [0.3, 0.4) is 0 Å². The largest absolute Gasteiger partial charge is 0.470 e. The van der Waals surface area contributed by atoms with E-state index in [1.54, 1.807) is 6.07 Å². The van der Waals surface area contributed by atoms with Gasteiger partial charge in [-0.05, 0) is 46.8 Å². The number of rotatable bonds is 3. The molecule has 1 rings (SSSR count). The van der Waals surface area contributed by atoms with Crippen molar-refractivity contribution in [3.8, 4) is 5.88 Å². The van der Waals surface area contributed by atoms with E-state index in [0.717, 1.165) is 5.82 Å². The third-order valence-electron chi connectivity index (χ3n) is 1.73. The van der Waals surface area contributed by atoms with Gasteiger partial charge in [0.05, 0.1) is 5.69 Å². The predicted octanol–water partition coefficient (Wildman–Crippen LogP) is 2.66. The van der Waals surface area contributed by atoms with Gasteiger partial charge in [0.15, 0.2) is 0 Å². The van der Waals surface area contributed by atoms with Crippen molar-refractivity contribution >= 4 is 11.5 Å². The van der Waals surface area contributed by atoms with Gasteiger partial charge in [0, 0.05) is 6.04 Å². The van der Waals surface area contributed by atoms with Crippen molar-refractivity contribution in [2.75, 3.05) is 11.1 Å². The Morgan fingerprint density at radius 3 is 2.44 bits per heavy atom. The molecule has 0 fully saturated rings. The molecule has 16 heavy (non-hydrogen) atoms. The molecule has 0 aliphatic carbocycles. The fourth-order valence-corrected chi connectivity index (χ4v) is 1.20. The molecule has 0 spiro atoms. The molecule has 0 aliphatic heterocycles. The lowest BCUT2D eigenvalue weighted by Crippen LogP contribution is -2.24. The van der Waals surface area contributed by atoms with E-state index in [0.29, 0.717) is 17.6 Å². The summed E-state index contributed by atoms with van der Waals surface area (Å²) in [6.07, 6.45) is 0. The minimum atomic E-state index is -0.294. The Morgan fingerprint density at radius 2 is 1.94 bits per heavy atom. The SMILES string of the molecule is CC(C)Nc1ccc(N)c(OC(C)(C)C)n1. The van der Waals surface area contributed by atoms with Gasteiger partial charge in [-0.15, -0.1) is 0 Å². The lowest BCUT2D eigenvalue weighted by molar-refractivity contribution is 0.125. The van der Waals surface area contributed by atoms with Crippen molar-refractivity contribution in [3.63, 3.8) is 0 Å². The average molecular weight is 223 g/mol. The van der Waals surface area contributed by atoms with E-state index in [4.69, 9.17) is 10.5 Å². The Morgan fingerprint density at radius 1 is 1.31 bits per heavy atom. The number of nitrogens with zero attached hydrogens (tertiary/aromatic N) is 1. The molecule has 90 valence electrons. The maximum absolute atomic E-state index is 5.81. The summed E-state index contributed by atoms with van der Waals surface area (Å²) in [6, 6.07) is 3.99. The molecule has 3 N–H and O–H groups in total. The maximum atomic E-state index is 5.81. The van der Waals surface area contributed by atoms with Gasteiger partial charge in [0.1, 0.15) is 11.4 Å². The Kier molecular flexibility index (Phi) is 3.62. The number of nitrogen functional groups attached to an aromatic ring is 1. The lowest BCUT2D eigenvalue weighted by atomic mass is 10.2. The average Bonchev–Trinajstić information content (AvgIpc) is 2.07. The number of anilines is 2. The highest BCUT2D eigenvalue weighted by atomic mass is 16.5. The van der Waals surface area contributed by atoms with Crippen molar-refractivity contribution in [1.82, 2.24) is 4.98 Å². The zero-order valence-corrected chi connectivity index (χ0v) is 10.7. The van der Waals surface area contributed by atoms with Crippen molar-refractivity contribution < 1.29 is 4.74 Å². The van der Waals surface area contributed by atoms with Crippen LogP contribution in [0.1, 0.15) is 34.6 Å². The van der Waals surface area contributed by atoms with Crippen molar-refractivity contribution in [1.29, 1.82) is 0 Å². The van der Waals surface area contributed by atoms with Crippen molar-refractivity contribution in [2.45, 2.75) is 46.3 Å². The number of ether oxygens (including phenoxy) is 1. The fourth-order valence-electron chi connectivity index (χ4n) is 1.20. The standard InChI is InChI=1S/C12H21N3O/c1-8(2)14-10-7-6-9(13)11(15-10)16-12(3,4)5/h6-8H,13H2,1-5H3,(H,14,15). The van der Waals surface area contributed by atoms with E-state index in [2.05, 4.69) is 24.1 Å². The first-order chi connectivity index (χ1) is 7.28. The van der Waals surface area contributed by atoms with Crippen LogP contribution in [-0.4, -0.2) is 16.6 Å². The van der Waals surface area contributed by atoms with Gasteiger partial charge in [-0.25, -0.2) is 0 Å². The molecule has 0 saturated heterocycles. The number of pyridine rings is 1. The summed E-state index contributed by atoms with van der Waals surface area (Å²) in [5, 5.41) is 3.21. The normalized spacial score (nSPS) is 11.6. The van der Waals surface area contributed by atoms with Crippen LogP contribution >= 0.6 is 0 Å². The Hall–Kier alpha value is -1.45. The second-order valence-corrected chi connectivity index (χ2v) is 5.10. The molecule has 0 aliphatic rings. The monoisotopic (exact) mass is 223 g/mol. The van der Waals surface area contributed by atoms with Crippen LogP contribution in [0.5, 0.6) is 5.88 Å². The Labute approximate surface area is 97.2 Å². The molecule has 0 amide bonds. The molecule has 0 atom stereocenters. The maximum Gasteiger partial charge on any atom is 0.239 e. The summed E-state index contributed by atoms with van der Waals surface area (Å²) in [5.41, 5.74) is 6.08. The topological polar surface area (TPSA) is 60.2 Å². The highest BCUT2D eigenvalue weighted by molar-refractivity contribution is 5.53. The summed E-state index contributed by atoms with van der Waals surface area (Å²) >= 11 is 0. The van der Waals surface area contributed by atoms with E-state index in [1.807, 2.05) is 26.8 Å². The van der Waals surface area contributed by atoms with Gasteiger partial charge in [0.2, 0.25) is 5.88 Å². The number of aromatic nitrogens is 1. The number of hydrogen-bond acceptors (Lipinski definition) is 4. The van der Waals surface area contributed by atoms with Gasteiger partial charge in [-0.1, -0.05) is 0 Å². The summed E-state index contributed by atoms with van der Waals surface area (Å²) < 4.78 is 5.68. The number of nitrogens with two attached hydrogens (primary N) is 1. The summed E-state index contributed by atoms with van der Waals surface area (Å²) in [4.78, 5) is 4.34. The molecule has 1 aromatic heterocycles. The van der Waals surface area contributed by atoms with Crippen LogP contribution in [0.2, 0.25) is 0 Å². The van der Waals surface area contributed by atoms with Gasteiger partial charge in [-0.3, -0.25) is 0 Å². The number of hydrogen-bond donors (Lipinski definition) is 2. The van der Waals surface area contributed by atoms with Gasteiger partial charge >= 0.3 is 0 Å². The third-order valence-corrected chi connectivity index (χ3v) is 1.73. The quantitative estimate of drug-likeness (QED) is 0.827. The molecule has 0 aromatic carbocycles. The lowest BCUT2D eigenvalue weighted by Gasteiger charge is -2.22. The highest BCUT2D eigenvalue weighted by Crippen LogP contribution is 2.25. The first-order valence-corrected chi connectivity index (χ1v) is 5.50. The summed E-state index contributed by atoms with van der Waals surface area (Å²) in [6.45, 7) is 10.0. The van der Waals surface area contributed by atoms with Crippen molar-refractivity contribution in [3.05, 3.63) is 12.1 Å². The molecule has 0 saturated carbocycles. The first kappa shape index (κ1) is 12.6. The first-order valence-electron chi connectivity index (χ1n) is 5.50. The molecule has 4 nitrogen and oxygen atoms in total. The second kappa shape index (κ2) is 4.60. The third kappa shape index (κ3) is 3.96. The van der Waals surface area contributed by atoms with Crippen LogP contribution in [-0.2, 0) is 0 Å². The van der Waals surface area contributed by atoms with E-state index >= 15 is 0 Å². The van der Waals surface area contributed by atoms with E-state index in [9.17, 15) is 0 Å². The zero-order chi connectivity index (χ0) is 12.3. The molecule has 1 heterocycles. The van der Waals surface area contributed by atoms with Gasteiger partial charge in [-0.2, -0.15) is 4.98 Å². The summed E-state index contributed by atoms with van der Waals surface area (Å²) in [7, 11) is 0. The molecular formula is C12H21N3O. The van der Waals surface area contributed by atoms with Crippen LogP contribution in [0.15, 0.2) is 12.1 Å². The van der Waals surface area contributed by atoms with Gasteiger partial charge in [0.25, 0.3) is 0 Å². The summed E-state index contributed by atoms with van der Waals surface area (Å²) in [5.74, 6) is 1.27. The molecule has 1 aromatic rings. The molecular weight excluding hydrogens is 202 g/mol. The minimum absolute atomic E-state index is 0.294. The van der Waals surface area contributed by atoms with Crippen LogP contribution < -0.4 is 15.8 Å². The van der Waals surface area contributed by atoms with Crippen molar-refractivity contribution in [2.24, 2.45) is 0 Å². The van der Waals surface area contributed by atoms with E-state index < -0.39 is 0 Å². The highest BCUT2D eigenvalue weighted by Gasteiger charge is 2.15. The fraction of sp³-hybridized carbons (Fsp3) is 0.583. The zero-order valence-electron chi connectivity index (χ0n) is 10.7. The molecule has 0 radical (unpaired) electrons. The van der Waals surface area contributed by atoms with E-state index in [-0.39, 0.29) is 5.60 Å². The smallest absolute Gasteiger partial charge is 0.239 e. The van der Waals surface area contributed by atoms with Crippen LogP contribution in [0, 0.1) is 0 Å². The molecule has 0 unspecified atom stereocenters. The predicted molar refractivity (Wildman–Crippen MR) is 67.8 cm³/mol. The van der Waals surface area contributed by atoms with Crippen LogP contribution in [0.25, 0.3) is 0 Å². The molecule has 0 bridgehead atoms. The van der Waals surface area contributed by atoms with E-state index in [1.165, 1.54) is 0 Å². The van der Waals surface area contributed by atoms with Gasteiger partial charge < -0.3 is 15.8 Å².